The minimum Gasteiger partial charge on any atom is -0.481 e. The molecule has 0 saturated heterocycles. The van der Waals surface area contributed by atoms with Crippen molar-refractivity contribution in [3.63, 3.8) is 0 Å². The van der Waals surface area contributed by atoms with Crippen molar-refractivity contribution in [2.24, 2.45) is 0 Å². The SMILES string of the molecule is CC(=O)CC(=O)O.Fc1ccc(F)c(F)c1. The molecule has 0 unspecified atom stereocenters. The Labute approximate surface area is 89.5 Å². The highest BCUT2D eigenvalue weighted by molar-refractivity contribution is 5.93. The normalized spacial score (nSPS) is 9.00. The van der Waals surface area contributed by atoms with Gasteiger partial charge in [-0.05, 0) is 19.1 Å². The molecule has 1 N–H and O–H groups in total. The summed E-state index contributed by atoms with van der Waals surface area (Å²) in [6.07, 6.45) is -0.361. The van der Waals surface area contributed by atoms with E-state index in [1.54, 1.807) is 0 Å². The lowest BCUT2D eigenvalue weighted by Crippen LogP contribution is -2.00. The largest absolute Gasteiger partial charge is 0.481 e. The Kier molecular flexibility index (Phi) is 5.84. The van der Waals surface area contributed by atoms with E-state index in [1.807, 2.05) is 0 Å². The highest BCUT2D eigenvalue weighted by Crippen LogP contribution is 2.05. The van der Waals surface area contributed by atoms with Gasteiger partial charge in [0.2, 0.25) is 0 Å². The maximum atomic E-state index is 12.0. The second kappa shape index (κ2) is 6.60. The summed E-state index contributed by atoms with van der Waals surface area (Å²) in [5.41, 5.74) is 0. The number of carbonyl (C=O) groups is 2. The van der Waals surface area contributed by atoms with Crippen molar-refractivity contribution in [1.82, 2.24) is 0 Å². The van der Waals surface area contributed by atoms with Crippen LogP contribution >= 0.6 is 0 Å². The molecule has 1 aromatic carbocycles. The number of carboxylic acids is 1. The Morgan fingerprint density at radius 2 is 1.75 bits per heavy atom. The molecule has 0 saturated carbocycles. The van der Waals surface area contributed by atoms with E-state index in [0.717, 1.165) is 12.1 Å². The Hall–Kier alpha value is -1.85. The van der Waals surface area contributed by atoms with Crippen LogP contribution in [-0.2, 0) is 9.59 Å². The summed E-state index contributed by atoms with van der Waals surface area (Å²) < 4.78 is 35.9. The number of Topliss-reactive ketones (excluding diaryl/α,β-unsaturated/α-hetero) is 1. The summed E-state index contributed by atoms with van der Waals surface area (Å²) >= 11 is 0. The lowest BCUT2D eigenvalue weighted by atomic mass is 10.3. The molecule has 16 heavy (non-hydrogen) atoms. The lowest BCUT2D eigenvalue weighted by molar-refractivity contribution is -0.139. The zero-order valence-electron chi connectivity index (χ0n) is 8.34. The van der Waals surface area contributed by atoms with Gasteiger partial charge in [-0.25, -0.2) is 13.2 Å². The van der Waals surface area contributed by atoms with Crippen LogP contribution in [0.2, 0.25) is 0 Å². The average Bonchev–Trinajstić information content (AvgIpc) is 2.10. The van der Waals surface area contributed by atoms with Gasteiger partial charge in [0.25, 0.3) is 0 Å². The van der Waals surface area contributed by atoms with Crippen molar-refractivity contribution in [2.75, 3.05) is 0 Å². The molecule has 88 valence electrons. The third-order valence-corrected chi connectivity index (χ3v) is 1.28. The van der Waals surface area contributed by atoms with Gasteiger partial charge < -0.3 is 5.11 Å². The van der Waals surface area contributed by atoms with E-state index in [9.17, 15) is 22.8 Å². The number of aliphatic carboxylic acids is 1. The van der Waals surface area contributed by atoms with E-state index in [1.165, 1.54) is 6.92 Å². The van der Waals surface area contributed by atoms with E-state index < -0.39 is 23.4 Å². The van der Waals surface area contributed by atoms with Gasteiger partial charge in [0.1, 0.15) is 18.0 Å². The fraction of sp³-hybridized carbons (Fsp3) is 0.200. The Morgan fingerprint density at radius 3 is 2.00 bits per heavy atom. The number of carbonyl (C=O) groups excluding carboxylic acids is 1. The second-order valence-electron chi connectivity index (χ2n) is 2.83. The molecule has 0 aliphatic carbocycles. The van der Waals surface area contributed by atoms with Gasteiger partial charge in [0.05, 0.1) is 0 Å². The monoisotopic (exact) mass is 234 g/mol. The van der Waals surface area contributed by atoms with Gasteiger partial charge >= 0.3 is 5.97 Å². The first-order valence-electron chi connectivity index (χ1n) is 4.14. The van der Waals surface area contributed by atoms with Gasteiger partial charge in [-0.2, -0.15) is 0 Å². The second-order valence-corrected chi connectivity index (χ2v) is 2.83. The first kappa shape index (κ1) is 14.2. The topological polar surface area (TPSA) is 54.4 Å². The molecule has 0 bridgehead atoms. The number of hydrogen-bond acceptors (Lipinski definition) is 2. The quantitative estimate of drug-likeness (QED) is 0.630. The van der Waals surface area contributed by atoms with Crippen molar-refractivity contribution in [1.29, 1.82) is 0 Å². The zero-order valence-corrected chi connectivity index (χ0v) is 8.34. The molecule has 0 amide bonds. The van der Waals surface area contributed by atoms with Crippen molar-refractivity contribution in [3.05, 3.63) is 35.7 Å². The third kappa shape index (κ3) is 6.58. The summed E-state index contributed by atoms with van der Waals surface area (Å²) in [5.74, 6) is -4.33. The van der Waals surface area contributed by atoms with Crippen molar-refractivity contribution >= 4 is 11.8 Å². The summed E-state index contributed by atoms with van der Waals surface area (Å²) in [7, 11) is 0. The predicted octanol–water partition coefficient (Wildman–Crippen LogP) is 2.15. The Bertz CT molecular complexity index is 379. The molecule has 1 aromatic rings. The Morgan fingerprint density at radius 1 is 1.19 bits per heavy atom. The molecule has 0 aromatic heterocycles. The lowest BCUT2D eigenvalue weighted by Gasteiger charge is -1.88. The maximum absolute atomic E-state index is 12.0. The maximum Gasteiger partial charge on any atom is 0.310 e. The fourth-order valence-electron chi connectivity index (χ4n) is 0.683. The number of halogens is 3. The standard InChI is InChI=1S/C6H3F3.C4H6O3/c7-4-1-2-5(8)6(9)3-4;1-3(5)2-4(6)7/h1-3H;2H2,1H3,(H,6,7). The minimum atomic E-state index is -1.16. The molecule has 0 atom stereocenters. The van der Waals surface area contributed by atoms with Gasteiger partial charge in [-0.3, -0.25) is 9.59 Å². The molecule has 0 aliphatic rings. The summed E-state index contributed by atoms with van der Waals surface area (Å²) in [5, 5.41) is 7.86. The average molecular weight is 234 g/mol. The molecule has 0 heterocycles. The van der Waals surface area contributed by atoms with Gasteiger partial charge in [0, 0.05) is 6.07 Å². The van der Waals surface area contributed by atoms with Gasteiger partial charge in [0.15, 0.2) is 11.6 Å². The molecule has 1 rings (SSSR count). The molecular formula is C10H9F3O3. The van der Waals surface area contributed by atoms with Crippen molar-refractivity contribution < 1.29 is 27.9 Å². The van der Waals surface area contributed by atoms with E-state index in [4.69, 9.17) is 5.11 Å². The van der Waals surface area contributed by atoms with Crippen LogP contribution < -0.4 is 0 Å². The molecule has 6 heteroatoms. The van der Waals surface area contributed by atoms with Crippen LogP contribution in [0.4, 0.5) is 13.2 Å². The van der Waals surface area contributed by atoms with Crippen molar-refractivity contribution in [2.45, 2.75) is 13.3 Å². The molecule has 0 radical (unpaired) electrons. The molecule has 3 nitrogen and oxygen atoms in total. The molecule has 0 aliphatic heterocycles. The number of benzene rings is 1. The first-order chi connectivity index (χ1) is 7.32. The molecule has 0 spiro atoms. The van der Waals surface area contributed by atoms with E-state index >= 15 is 0 Å². The number of hydrogen-bond donors (Lipinski definition) is 1. The molecular weight excluding hydrogens is 225 g/mol. The van der Waals surface area contributed by atoms with Crippen molar-refractivity contribution in [3.8, 4) is 0 Å². The number of rotatable bonds is 2. The number of ketones is 1. The van der Waals surface area contributed by atoms with E-state index in [2.05, 4.69) is 0 Å². The zero-order chi connectivity index (χ0) is 12.7. The summed E-state index contributed by atoms with van der Waals surface area (Å²) in [6.45, 7) is 1.24. The van der Waals surface area contributed by atoms with E-state index in [-0.39, 0.29) is 12.2 Å². The highest BCUT2D eigenvalue weighted by Gasteiger charge is 1.99. The summed E-state index contributed by atoms with van der Waals surface area (Å²) in [4.78, 5) is 19.5. The van der Waals surface area contributed by atoms with Crippen LogP contribution in [0.1, 0.15) is 13.3 Å². The third-order valence-electron chi connectivity index (χ3n) is 1.28. The molecule has 0 fully saturated rings. The smallest absolute Gasteiger partial charge is 0.310 e. The van der Waals surface area contributed by atoms with Crippen LogP contribution in [0.15, 0.2) is 18.2 Å². The fourth-order valence-corrected chi connectivity index (χ4v) is 0.683. The summed E-state index contributed by atoms with van der Waals surface area (Å²) in [6, 6.07) is 2.10. The van der Waals surface area contributed by atoms with Crippen LogP contribution in [0.5, 0.6) is 0 Å². The van der Waals surface area contributed by atoms with Gasteiger partial charge in [-0.15, -0.1) is 0 Å². The Balaban J connectivity index is 0.000000293. The highest BCUT2D eigenvalue weighted by atomic mass is 19.2. The van der Waals surface area contributed by atoms with Gasteiger partial charge in [-0.1, -0.05) is 0 Å². The first-order valence-corrected chi connectivity index (χ1v) is 4.14. The van der Waals surface area contributed by atoms with E-state index in [0.29, 0.717) is 6.07 Å². The van der Waals surface area contributed by atoms with Crippen LogP contribution in [0.3, 0.4) is 0 Å². The van der Waals surface area contributed by atoms with Crippen LogP contribution in [-0.4, -0.2) is 16.9 Å². The predicted molar refractivity (Wildman–Crippen MR) is 49.2 cm³/mol. The number of carboxylic acid groups (broad SMARTS) is 1. The minimum absolute atomic E-state index is 0.312. The van der Waals surface area contributed by atoms with Crippen LogP contribution in [0.25, 0.3) is 0 Å². The van der Waals surface area contributed by atoms with Crippen LogP contribution in [0, 0.1) is 17.5 Å².